The lowest BCUT2D eigenvalue weighted by Gasteiger charge is -2.07. The Labute approximate surface area is 122 Å². The summed E-state index contributed by atoms with van der Waals surface area (Å²) in [7, 11) is 0. The van der Waals surface area contributed by atoms with E-state index in [1.807, 2.05) is 0 Å². The number of ether oxygens (including phenoxy) is 1. The van der Waals surface area contributed by atoms with Crippen molar-refractivity contribution >= 4 is 0 Å². The third-order valence-corrected chi connectivity index (χ3v) is 2.84. The van der Waals surface area contributed by atoms with Crippen molar-refractivity contribution in [1.82, 2.24) is 0 Å². The van der Waals surface area contributed by atoms with Gasteiger partial charge in [0.1, 0.15) is 24.8 Å². The number of rotatable bonds is 4. The normalized spacial score (nSPS) is 9.86. The smallest absolute Gasteiger partial charge is 0.138 e. The van der Waals surface area contributed by atoms with E-state index in [9.17, 15) is 4.39 Å². The average Bonchev–Trinajstić information content (AvgIpc) is 2.53. The van der Waals surface area contributed by atoms with E-state index in [-0.39, 0.29) is 25.4 Å². The van der Waals surface area contributed by atoms with Crippen LogP contribution in [0.15, 0.2) is 42.5 Å². The predicted octanol–water partition coefficient (Wildman–Crippen LogP) is 2.24. The predicted molar refractivity (Wildman–Crippen MR) is 77.1 cm³/mol. The van der Waals surface area contributed by atoms with Crippen molar-refractivity contribution in [1.29, 1.82) is 0 Å². The van der Waals surface area contributed by atoms with E-state index in [1.165, 1.54) is 6.07 Å². The van der Waals surface area contributed by atoms with Gasteiger partial charge in [0.25, 0.3) is 0 Å². The molecule has 0 unspecified atom stereocenters. The molecule has 21 heavy (non-hydrogen) atoms. The molecule has 0 amide bonds. The van der Waals surface area contributed by atoms with Crippen LogP contribution in [0.3, 0.4) is 0 Å². The second-order valence-electron chi connectivity index (χ2n) is 4.36. The number of hydrogen-bond donors (Lipinski definition) is 2. The van der Waals surface area contributed by atoms with E-state index in [0.29, 0.717) is 5.75 Å². The summed E-state index contributed by atoms with van der Waals surface area (Å²) in [5, 5.41) is 17.6. The molecule has 0 aliphatic carbocycles. The van der Waals surface area contributed by atoms with Gasteiger partial charge in [-0.1, -0.05) is 30.0 Å². The standard InChI is InChI=1S/C17H15FO3/c18-17-8-5-14(10-15(17)2-1-9-19)12-21-16-6-3-13(11-20)4-7-16/h3-8,10,19-20H,9,11-12H2. The largest absolute Gasteiger partial charge is 0.489 e. The summed E-state index contributed by atoms with van der Waals surface area (Å²) in [5.74, 6) is 5.22. The summed E-state index contributed by atoms with van der Waals surface area (Å²) in [6.07, 6.45) is 0. The lowest BCUT2D eigenvalue weighted by atomic mass is 10.1. The van der Waals surface area contributed by atoms with Gasteiger partial charge in [0, 0.05) is 0 Å². The SMILES string of the molecule is OCC#Cc1cc(COc2ccc(CO)cc2)ccc1F. The molecular weight excluding hydrogens is 271 g/mol. The molecule has 2 rings (SSSR count). The zero-order chi connectivity index (χ0) is 15.1. The molecule has 0 aromatic heterocycles. The Morgan fingerprint density at radius 2 is 1.71 bits per heavy atom. The van der Waals surface area contributed by atoms with Gasteiger partial charge in [-0.05, 0) is 35.4 Å². The highest BCUT2D eigenvalue weighted by Crippen LogP contribution is 2.16. The minimum absolute atomic E-state index is 0.00880. The van der Waals surface area contributed by atoms with Crippen molar-refractivity contribution in [3.63, 3.8) is 0 Å². The molecular formula is C17H15FO3. The molecule has 0 saturated carbocycles. The maximum absolute atomic E-state index is 13.5. The van der Waals surface area contributed by atoms with Gasteiger partial charge in [-0.3, -0.25) is 0 Å². The van der Waals surface area contributed by atoms with Crippen LogP contribution < -0.4 is 4.74 Å². The first kappa shape index (κ1) is 15.0. The van der Waals surface area contributed by atoms with Crippen LogP contribution >= 0.6 is 0 Å². The summed E-state index contributed by atoms with van der Waals surface area (Å²) in [4.78, 5) is 0. The van der Waals surface area contributed by atoms with Crippen LogP contribution in [0.4, 0.5) is 4.39 Å². The van der Waals surface area contributed by atoms with Crippen LogP contribution in [0.25, 0.3) is 0 Å². The van der Waals surface area contributed by atoms with Gasteiger partial charge in [-0.15, -0.1) is 0 Å². The molecule has 108 valence electrons. The zero-order valence-electron chi connectivity index (χ0n) is 11.3. The molecule has 0 radical (unpaired) electrons. The monoisotopic (exact) mass is 286 g/mol. The van der Waals surface area contributed by atoms with Gasteiger partial charge in [-0.2, -0.15) is 0 Å². The summed E-state index contributed by atoms with van der Waals surface area (Å²) >= 11 is 0. The summed E-state index contributed by atoms with van der Waals surface area (Å²) in [5.41, 5.74) is 1.83. The van der Waals surface area contributed by atoms with Crippen LogP contribution in [-0.4, -0.2) is 16.8 Å². The second-order valence-corrected chi connectivity index (χ2v) is 4.36. The topological polar surface area (TPSA) is 49.7 Å². The van der Waals surface area contributed by atoms with E-state index in [1.54, 1.807) is 36.4 Å². The molecule has 2 aromatic rings. The quantitative estimate of drug-likeness (QED) is 0.848. The van der Waals surface area contributed by atoms with Crippen molar-refractivity contribution in [2.75, 3.05) is 6.61 Å². The Hall–Kier alpha value is -2.35. The molecule has 0 aliphatic rings. The molecule has 0 atom stereocenters. The van der Waals surface area contributed by atoms with Crippen LogP contribution in [0, 0.1) is 17.7 Å². The van der Waals surface area contributed by atoms with Crippen LogP contribution in [0.1, 0.15) is 16.7 Å². The van der Waals surface area contributed by atoms with Crippen molar-refractivity contribution in [3.8, 4) is 17.6 Å². The Morgan fingerprint density at radius 1 is 1.00 bits per heavy atom. The summed E-state index contributed by atoms with van der Waals surface area (Å²) in [6, 6.07) is 11.6. The fraction of sp³-hybridized carbons (Fsp3) is 0.176. The van der Waals surface area contributed by atoms with Crippen molar-refractivity contribution < 1.29 is 19.3 Å². The van der Waals surface area contributed by atoms with Crippen molar-refractivity contribution in [3.05, 3.63) is 65.0 Å². The molecule has 0 aliphatic heterocycles. The van der Waals surface area contributed by atoms with E-state index in [2.05, 4.69) is 11.8 Å². The zero-order valence-corrected chi connectivity index (χ0v) is 11.3. The molecule has 2 N–H and O–H groups in total. The number of aliphatic hydroxyl groups is 2. The summed E-state index contributed by atoms with van der Waals surface area (Å²) < 4.78 is 19.1. The van der Waals surface area contributed by atoms with Gasteiger partial charge in [-0.25, -0.2) is 4.39 Å². The fourth-order valence-corrected chi connectivity index (χ4v) is 1.75. The Balaban J connectivity index is 2.05. The molecule has 0 saturated heterocycles. The van der Waals surface area contributed by atoms with Crippen LogP contribution in [-0.2, 0) is 13.2 Å². The molecule has 0 heterocycles. The van der Waals surface area contributed by atoms with Crippen molar-refractivity contribution in [2.24, 2.45) is 0 Å². The fourth-order valence-electron chi connectivity index (χ4n) is 1.75. The third kappa shape index (κ3) is 4.32. The van der Waals surface area contributed by atoms with Crippen LogP contribution in [0.5, 0.6) is 5.75 Å². The van der Waals surface area contributed by atoms with Gasteiger partial charge in [0.2, 0.25) is 0 Å². The maximum atomic E-state index is 13.5. The molecule has 0 spiro atoms. The van der Waals surface area contributed by atoms with Gasteiger partial charge in [0.05, 0.1) is 12.2 Å². The first-order valence-electron chi connectivity index (χ1n) is 6.43. The number of halogens is 1. The second kappa shape index (κ2) is 7.44. The lowest BCUT2D eigenvalue weighted by Crippen LogP contribution is -1.97. The highest BCUT2D eigenvalue weighted by atomic mass is 19.1. The Morgan fingerprint density at radius 3 is 2.38 bits per heavy atom. The van der Waals surface area contributed by atoms with Crippen LogP contribution in [0.2, 0.25) is 0 Å². The highest BCUT2D eigenvalue weighted by molar-refractivity contribution is 5.38. The van der Waals surface area contributed by atoms with Gasteiger partial charge < -0.3 is 14.9 Å². The minimum Gasteiger partial charge on any atom is -0.489 e. The van der Waals surface area contributed by atoms with Gasteiger partial charge >= 0.3 is 0 Å². The van der Waals surface area contributed by atoms with E-state index in [0.717, 1.165) is 11.1 Å². The summed E-state index contributed by atoms with van der Waals surface area (Å²) in [6.45, 7) is -0.0327. The number of benzene rings is 2. The Kier molecular flexibility index (Phi) is 5.33. The third-order valence-electron chi connectivity index (χ3n) is 2.84. The average molecular weight is 286 g/mol. The highest BCUT2D eigenvalue weighted by Gasteiger charge is 2.02. The Bertz CT molecular complexity index is 654. The van der Waals surface area contributed by atoms with E-state index >= 15 is 0 Å². The first-order chi connectivity index (χ1) is 10.2. The number of aliphatic hydroxyl groups excluding tert-OH is 2. The molecule has 0 bridgehead atoms. The molecule has 3 nitrogen and oxygen atoms in total. The van der Waals surface area contributed by atoms with E-state index < -0.39 is 5.82 Å². The number of hydrogen-bond acceptors (Lipinski definition) is 3. The molecule has 4 heteroatoms. The minimum atomic E-state index is -0.424. The molecule has 2 aromatic carbocycles. The van der Waals surface area contributed by atoms with Gasteiger partial charge in [0.15, 0.2) is 0 Å². The van der Waals surface area contributed by atoms with Crippen molar-refractivity contribution in [2.45, 2.75) is 13.2 Å². The first-order valence-corrected chi connectivity index (χ1v) is 6.43. The maximum Gasteiger partial charge on any atom is 0.138 e. The molecule has 0 fully saturated rings. The lowest BCUT2D eigenvalue weighted by molar-refractivity contribution is 0.280. The van der Waals surface area contributed by atoms with E-state index in [4.69, 9.17) is 14.9 Å².